The average Bonchev–Trinajstić information content (AvgIpc) is 3.66. The van der Waals surface area contributed by atoms with E-state index in [0.717, 1.165) is 47.6 Å². The van der Waals surface area contributed by atoms with Crippen LogP contribution in [-0.4, -0.2) is 33.5 Å². The highest BCUT2D eigenvalue weighted by atomic mass is 32.1. The molecule has 4 aromatic rings. The molecule has 46 heavy (non-hydrogen) atoms. The molecule has 1 aliphatic heterocycles. The highest BCUT2D eigenvalue weighted by molar-refractivity contribution is 7.17. The van der Waals surface area contributed by atoms with Crippen LogP contribution < -0.4 is 10.2 Å². The summed E-state index contributed by atoms with van der Waals surface area (Å²) in [5.41, 5.74) is 2.97. The van der Waals surface area contributed by atoms with Gasteiger partial charge in [-0.3, -0.25) is 14.7 Å². The third-order valence-electron chi connectivity index (χ3n) is 8.07. The van der Waals surface area contributed by atoms with Gasteiger partial charge in [0, 0.05) is 34.2 Å². The highest BCUT2D eigenvalue weighted by Crippen LogP contribution is 2.45. The van der Waals surface area contributed by atoms with Crippen LogP contribution in [0.25, 0.3) is 21.7 Å². The number of alkyl halides is 3. The van der Waals surface area contributed by atoms with Gasteiger partial charge < -0.3 is 10.2 Å². The first-order valence-electron chi connectivity index (χ1n) is 14.6. The summed E-state index contributed by atoms with van der Waals surface area (Å²) in [4.78, 5) is 34.0. The molecule has 12 heteroatoms. The summed E-state index contributed by atoms with van der Waals surface area (Å²) in [7, 11) is 0. The number of amides is 2. The molecule has 236 valence electrons. The van der Waals surface area contributed by atoms with Gasteiger partial charge in [-0.2, -0.15) is 18.3 Å². The maximum absolute atomic E-state index is 14.5. The van der Waals surface area contributed by atoms with Crippen molar-refractivity contribution in [2.24, 2.45) is 0 Å². The number of fused-ring (bicyclic) bond motifs is 3. The van der Waals surface area contributed by atoms with Gasteiger partial charge in [-0.15, -0.1) is 11.3 Å². The monoisotopic (exact) mass is 647 g/mol. The van der Waals surface area contributed by atoms with Crippen LogP contribution in [0.2, 0.25) is 0 Å². The van der Waals surface area contributed by atoms with Crippen molar-refractivity contribution in [3.8, 4) is 21.7 Å². The second-order valence-electron chi connectivity index (χ2n) is 11.1. The van der Waals surface area contributed by atoms with Crippen LogP contribution in [0.1, 0.15) is 69.6 Å². The highest BCUT2D eigenvalue weighted by Gasteiger charge is 2.35. The Bertz CT molecular complexity index is 1930. The zero-order valence-corrected chi connectivity index (χ0v) is 25.8. The number of pyridine rings is 1. The van der Waals surface area contributed by atoms with Gasteiger partial charge in [0.2, 0.25) is 0 Å². The maximum Gasteiger partial charge on any atom is 0.416 e. The van der Waals surface area contributed by atoms with Crippen LogP contribution in [0.3, 0.4) is 0 Å². The molecule has 6 rings (SSSR count). The molecule has 1 saturated carbocycles. The molecule has 1 aliphatic carbocycles. The normalized spacial score (nSPS) is 15.4. The third-order valence-corrected chi connectivity index (χ3v) is 9.28. The van der Waals surface area contributed by atoms with E-state index in [1.54, 1.807) is 37.4 Å². The van der Waals surface area contributed by atoms with Crippen LogP contribution in [0.15, 0.2) is 84.5 Å². The Hall–Kier alpha value is -4.84. The largest absolute Gasteiger partial charge is 0.416 e. The van der Waals surface area contributed by atoms with Gasteiger partial charge in [0.1, 0.15) is 11.5 Å². The fourth-order valence-corrected chi connectivity index (χ4v) is 6.57. The van der Waals surface area contributed by atoms with Crippen molar-refractivity contribution in [3.05, 3.63) is 112 Å². The predicted octanol–water partition coefficient (Wildman–Crippen LogP) is 8.36. The molecular formula is C34H29F4N5O2S. The summed E-state index contributed by atoms with van der Waals surface area (Å²) in [5.74, 6) is -1.39. The van der Waals surface area contributed by atoms with Gasteiger partial charge in [0.15, 0.2) is 0 Å². The molecule has 7 nitrogen and oxygen atoms in total. The third kappa shape index (κ3) is 5.92. The summed E-state index contributed by atoms with van der Waals surface area (Å²) >= 11 is 1.07. The number of aromatic nitrogens is 3. The molecular weight excluding hydrogens is 618 g/mol. The van der Waals surface area contributed by atoms with Crippen molar-refractivity contribution in [1.29, 1.82) is 0 Å². The molecule has 3 aromatic heterocycles. The van der Waals surface area contributed by atoms with E-state index in [1.165, 1.54) is 30.0 Å². The second kappa shape index (κ2) is 12.2. The first-order valence-corrected chi connectivity index (χ1v) is 15.5. The molecule has 2 N–H and O–H groups in total. The summed E-state index contributed by atoms with van der Waals surface area (Å²) in [6, 6.07) is 9.89. The smallest absolute Gasteiger partial charge is 0.319 e. The zero-order chi connectivity index (χ0) is 32.7. The molecule has 0 unspecified atom stereocenters. The standard InChI is InChI=1S/C34H29F4N5O2S/c1-4-18(3)29(24(35)5-2)41-32(44)28-15-20-13-14-43(27-16-21(34(36,37)38)11-12-22(27)31(20)46-28)33(45)26-8-6-7-25(40-26)23-17-39-42-30(23)19-9-10-19/h4-8,11-12,15-17,19H,1,9-10,13-14H2,2-3H3,(H,39,42)(H,41,44)/b24-5+,29-18+. The first kappa shape index (κ1) is 31.2. The van der Waals surface area contributed by atoms with E-state index in [2.05, 4.69) is 27.1 Å². The Morgan fingerprint density at radius 1 is 1.15 bits per heavy atom. The molecule has 2 amide bonds. The van der Waals surface area contributed by atoms with E-state index in [9.17, 15) is 27.2 Å². The summed E-state index contributed by atoms with van der Waals surface area (Å²) in [5, 5.41) is 9.77. The number of benzene rings is 1. The fourth-order valence-electron chi connectivity index (χ4n) is 5.43. The molecule has 0 bridgehead atoms. The molecule has 0 atom stereocenters. The van der Waals surface area contributed by atoms with Crippen molar-refractivity contribution in [1.82, 2.24) is 20.5 Å². The lowest BCUT2D eigenvalue weighted by atomic mass is 10.0. The van der Waals surface area contributed by atoms with Gasteiger partial charge in [-0.1, -0.05) is 24.8 Å². The van der Waals surface area contributed by atoms with Gasteiger partial charge in [0.05, 0.1) is 33.7 Å². The van der Waals surface area contributed by atoms with Gasteiger partial charge in [-0.05, 0) is 80.7 Å². The number of carbonyl (C=O) groups is 2. The minimum absolute atomic E-state index is 0.0208. The number of hydrogen-bond donors (Lipinski definition) is 2. The lowest BCUT2D eigenvalue weighted by molar-refractivity contribution is -0.137. The number of hydrogen-bond acceptors (Lipinski definition) is 5. The maximum atomic E-state index is 14.5. The number of aromatic amines is 1. The number of H-pyrrole nitrogens is 1. The number of nitrogens with zero attached hydrogens (tertiary/aromatic N) is 3. The van der Waals surface area contributed by atoms with Crippen molar-refractivity contribution in [3.63, 3.8) is 0 Å². The van der Waals surface area contributed by atoms with Crippen LogP contribution in [-0.2, 0) is 12.6 Å². The average molecular weight is 648 g/mol. The SMILES string of the molecule is C=C/C(C)=C(NC(=O)c1cc2c(s1)-c1ccc(C(F)(F)F)cc1N(C(=O)c1cccc(-c3cn[nH]c3C3CC3)n1)CC2)\C(F)=C/C. The lowest BCUT2D eigenvalue weighted by Crippen LogP contribution is -2.33. The Morgan fingerprint density at radius 3 is 2.63 bits per heavy atom. The molecule has 0 saturated heterocycles. The predicted molar refractivity (Wildman–Crippen MR) is 169 cm³/mol. The summed E-state index contributed by atoms with van der Waals surface area (Å²) in [6.45, 7) is 6.79. The number of halogens is 4. The molecule has 2 aliphatic rings. The van der Waals surface area contributed by atoms with Crippen molar-refractivity contribution in [2.45, 2.75) is 45.2 Å². The van der Waals surface area contributed by atoms with Crippen LogP contribution >= 0.6 is 11.3 Å². The minimum Gasteiger partial charge on any atom is -0.319 e. The Morgan fingerprint density at radius 2 is 1.93 bits per heavy atom. The van der Waals surface area contributed by atoms with Gasteiger partial charge in [0.25, 0.3) is 11.8 Å². The fraction of sp³-hybridized carbons (Fsp3) is 0.235. The topological polar surface area (TPSA) is 91.0 Å². The Labute approximate surface area is 266 Å². The Balaban J connectivity index is 1.38. The van der Waals surface area contributed by atoms with Crippen molar-refractivity contribution in [2.75, 3.05) is 11.4 Å². The minimum atomic E-state index is -4.65. The van der Waals surface area contributed by atoms with E-state index >= 15 is 0 Å². The number of nitrogens with one attached hydrogen (secondary N) is 2. The Kier molecular flexibility index (Phi) is 8.24. The van der Waals surface area contributed by atoms with Crippen LogP contribution in [0.4, 0.5) is 23.2 Å². The number of carbonyl (C=O) groups excluding carboxylic acids is 2. The van der Waals surface area contributed by atoms with Crippen molar-refractivity contribution < 1.29 is 27.2 Å². The van der Waals surface area contributed by atoms with E-state index in [-0.39, 0.29) is 34.9 Å². The molecule has 0 spiro atoms. The second-order valence-corrected chi connectivity index (χ2v) is 12.2. The van der Waals surface area contributed by atoms with Crippen LogP contribution in [0.5, 0.6) is 0 Å². The summed E-state index contributed by atoms with van der Waals surface area (Å²) in [6.07, 6.45) is 1.98. The number of anilines is 1. The molecule has 1 fully saturated rings. The number of thiophene rings is 1. The summed E-state index contributed by atoms with van der Waals surface area (Å²) < 4.78 is 56.3. The van der Waals surface area contributed by atoms with E-state index in [4.69, 9.17) is 0 Å². The quantitative estimate of drug-likeness (QED) is 0.156. The number of rotatable bonds is 7. The molecule has 4 heterocycles. The number of allylic oxidation sites excluding steroid dienone is 4. The molecule has 1 aromatic carbocycles. The van der Waals surface area contributed by atoms with Crippen LogP contribution in [0, 0.1) is 0 Å². The van der Waals surface area contributed by atoms with Gasteiger partial charge >= 0.3 is 6.18 Å². The molecule has 0 radical (unpaired) electrons. The van der Waals surface area contributed by atoms with Gasteiger partial charge in [-0.25, -0.2) is 9.37 Å². The zero-order valence-electron chi connectivity index (χ0n) is 25.0. The lowest BCUT2D eigenvalue weighted by Gasteiger charge is -2.24. The first-order chi connectivity index (χ1) is 22.0. The van der Waals surface area contributed by atoms with E-state index in [0.29, 0.717) is 33.2 Å². The van der Waals surface area contributed by atoms with E-state index < -0.39 is 29.4 Å². The van der Waals surface area contributed by atoms with E-state index in [1.807, 2.05) is 0 Å². The van der Waals surface area contributed by atoms with Crippen molar-refractivity contribution >= 4 is 28.8 Å².